The molecule has 2 aliphatic rings. The van der Waals surface area contributed by atoms with Crippen LogP contribution in [0.5, 0.6) is 0 Å². The molecule has 2 fully saturated rings. The molecule has 1 saturated heterocycles. The topological polar surface area (TPSA) is 3.24 Å². The van der Waals surface area contributed by atoms with Crippen molar-refractivity contribution >= 4 is 0 Å². The van der Waals surface area contributed by atoms with Gasteiger partial charge in [-0.25, -0.2) is 4.39 Å². The first kappa shape index (κ1) is 7.53. The summed E-state index contributed by atoms with van der Waals surface area (Å²) in [6.07, 6.45) is 1.41. The van der Waals surface area contributed by atoms with Crippen LogP contribution in [-0.4, -0.2) is 29.7 Å². The van der Waals surface area contributed by atoms with Crippen molar-refractivity contribution in [2.45, 2.75) is 44.9 Å². The Labute approximate surface area is 67.6 Å². The fourth-order valence-electron chi connectivity index (χ4n) is 2.56. The molecule has 1 heterocycles. The summed E-state index contributed by atoms with van der Waals surface area (Å²) >= 11 is 0. The van der Waals surface area contributed by atoms with Crippen molar-refractivity contribution in [3.8, 4) is 0 Å². The van der Waals surface area contributed by atoms with E-state index in [0.29, 0.717) is 18.0 Å². The van der Waals surface area contributed by atoms with E-state index in [1.54, 1.807) is 0 Å². The lowest BCUT2D eigenvalue weighted by molar-refractivity contribution is 0.117. The van der Waals surface area contributed by atoms with E-state index < -0.39 is 6.17 Å². The molecule has 3 atom stereocenters. The first-order valence-electron chi connectivity index (χ1n) is 4.58. The minimum Gasteiger partial charge on any atom is -0.297 e. The average molecular weight is 157 g/mol. The van der Waals surface area contributed by atoms with Gasteiger partial charge in [0, 0.05) is 24.5 Å². The van der Waals surface area contributed by atoms with Gasteiger partial charge in [0.15, 0.2) is 0 Å². The third-order valence-electron chi connectivity index (χ3n) is 3.16. The molecule has 0 spiro atoms. The lowest BCUT2D eigenvalue weighted by Crippen LogP contribution is -2.40. The highest BCUT2D eigenvalue weighted by Crippen LogP contribution is 2.40. The maximum atomic E-state index is 13.0. The van der Waals surface area contributed by atoms with Crippen LogP contribution in [0.4, 0.5) is 4.39 Å². The van der Waals surface area contributed by atoms with Crippen molar-refractivity contribution in [3.63, 3.8) is 0 Å². The lowest BCUT2D eigenvalue weighted by atomic mass is 10.1. The molecule has 0 radical (unpaired) electrons. The highest BCUT2D eigenvalue weighted by atomic mass is 19.1. The third kappa shape index (κ3) is 1.08. The quantitative estimate of drug-likeness (QED) is 0.561. The number of nitrogens with zero attached hydrogens (tertiary/aromatic N) is 1. The second-order valence-electron chi connectivity index (χ2n) is 4.19. The number of halogens is 1. The zero-order chi connectivity index (χ0) is 8.01. The third-order valence-corrected chi connectivity index (χ3v) is 3.16. The van der Waals surface area contributed by atoms with E-state index in [1.807, 2.05) is 0 Å². The molecule has 2 rings (SSSR count). The maximum absolute atomic E-state index is 13.0. The van der Waals surface area contributed by atoms with E-state index in [4.69, 9.17) is 0 Å². The molecule has 64 valence electrons. The molecule has 0 aromatic heterocycles. The van der Waals surface area contributed by atoms with Gasteiger partial charge < -0.3 is 0 Å². The van der Waals surface area contributed by atoms with Crippen LogP contribution in [0.25, 0.3) is 0 Å². The molecule has 2 heteroatoms. The fourth-order valence-corrected chi connectivity index (χ4v) is 2.56. The van der Waals surface area contributed by atoms with Crippen LogP contribution in [0.2, 0.25) is 0 Å². The Kier molecular flexibility index (Phi) is 1.67. The molecule has 2 bridgehead atoms. The molecule has 11 heavy (non-hydrogen) atoms. The molecule has 2 unspecified atom stereocenters. The summed E-state index contributed by atoms with van der Waals surface area (Å²) in [5, 5.41) is 0. The van der Waals surface area contributed by atoms with Gasteiger partial charge in [-0.3, -0.25) is 4.90 Å². The molecular weight excluding hydrogens is 141 g/mol. The number of hydrogen-bond donors (Lipinski definition) is 0. The number of hydrogen-bond acceptors (Lipinski definition) is 1. The van der Waals surface area contributed by atoms with Gasteiger partial charge in [0.05, 0.1) is 0 Å². The Morgan fingerprint density at radius 3 is 2.45 bits per heavy atom. The van der Waals surface area contributed by atoms with Gasteiger partial charge in [0.25, 0.3) is 0 Å². The van der Waals surface area contributed by atoms with Crippen LogP contribution >= 0.6 is 0 Å². The predicted octanol–water partition coefficient (Wildman–Crippen LogP) is 1.83. The average Bonchev–Trinajstić information content (AvgIpc) is 2.43. The number of fused-ring (bicyclic) bond motifs is 2. The maximum Gasteiger partial charge on any atom is 0.106 e. The highest BCUT2D eigenvalue weighted by Gasteiger charge is 2.45. The highest BCUT2D eigenvalue weighted by molar-refractivity contribution is 4.98. The van der Waals surface area contributed by atoms with Crippen LogP contribution in [0.3, 0.4) is 0 Å². The first-order chi connectivity index (χ1) is 5.18. The van der Waals surface area contributed by atoms with E-state index in [9.17, 15) is 4.39 Å². The van der Waals surface area contributed by atoms with Crippen molar-refractivity contribution in [2.75, 3.05) is 6.54 Å². The molecule has 0 aromatic carbocycles. The van der Waals surface area contributed by atoms with E-state index >= 15 is 0 Å². The van der Waals surface area contributed by atoms with Gasteiger partial charge >= 0.3 is 0 Å². The van der Waals surface area contributed by atoms with Gasteiger partial charge in [-0.15, -0.1) is 0 Å². The number of likely N-dealkylation sites (tertiary alicyclic amines) is 1. The Morgan fingerprint density at radius 1 is 1.36 bits per heavy atom. The zero-order valence-corrected chi connectivity index (χ0v) is 7.26. The molecule has 1 aliphatic carbocycles. The van der Waals surface area contributed by atoms with Gasteiger partial charge in [-0.2, -0.15) is 0 Å². The molecule has 1 saturated carbocycles. The van der Waals surface area contributed by atoms with Gasteiger partial charge in [0.1, 0.15) is 6.17 Å². The van der Waals surface area contributed by atoms with Gasteiger partial charge in [-0.05, 0) is 26.7 Å². The molecule has 0 N–H and O–H groups in total. The van der Waals surface area contributed by atoms with E-state index in [0.717, 1.165) is 19.4 Å². The second-order valence-corrected chi connectivity index (χ2v) is 4.19. The monoisotopic (exact) mass is 157 g/mol. The molecular formula is C9H16FN. The van der Waals surface area contributed by atoms with Crippen molar-refractivity contribution in [1.82, 2.24) is 4.90 Å². The molecule has 0 amide bonds. The number of rotatable bonds is 1. The van der Waals surface area contributed by atoms with E-state index in [-0.39, 0.29) is 0 Å². The molecule has 1 nitrogen and oxygen atoms in total. The van der Waals surface area contributed by atoms with Crippen molar-refractivity contribution < 1.29 is 4.39 Å². The van der Waals surface area contributed by atoms with Crippen LogP contribution in [0, 0.1) is 5.92 Å². The largest absolute Gasteiger partial charge is 0.297 e. The number of alkyl halides is 1. The van der Waals surface area contributed by atoms with Gasteiger partial charge in [-0.1, -0.05) is 0 Å². The Balaban J connectivity index is 2.02. The second kappa shape index (κ2) is 2.44. The van der Waals surface area contributed by atoms with Crippen LogP contribution < -0.4 is 0 Å². The lowest BCUT2D eigenvalue weighted by Gasteiger charge is -2.31. The first-order valence-corrected chi connectivity index (χ1v) is 4.58. The summed E-state index contributed by atoms with van der Waals surface area (Å²) < 4.78 is 13.0. The minimum absolute atomic E-state index is 0.363. The standard InChI is InChI=1S/C9H16FN/c1-6(2)11-5-7-3-8(11)4-9(7)10/h6-9H,3-5H2,1-2H3/t7?,8?,9-/m1/s1. The number of piperidine rings is 1. The Bertz CT molecular complexity index is 156. The van der Waals surface area contributed by atoms with Crippen molar-refractivity contribution in [3.05, 3.63) is 0 Å². The van der Waals surface area contributed by atoms with Crippen LogP contribution in [0.1, 0.15) is 26.7 Å². The fraction of sp³-hybridized carbons (Fsp3) is 1.00. The zero-order valence-electron chi connectivity index (χ0n) is 7.26. The minimum atomic E-state index is -0.491. The summed E-state index contributed by atoms with van der Waals surface area (Å²) in [5.41, 5.74) is 0. The van der Waals surface area contributed by atoms with Crippen molar-refractivity contribution in [1.29, 1.82) is 0 Å². The Hall–Kier alpha value is -0.110. The normalized spacial score (nSPS) is 44.2. The summed E-state index contributed by atoms with van der Waals surface area (Å²) in [7, 11) is 0. The summed E-state index contributed by atoms with van der Waals surface area (Å²) in [6.45, 7) is 5.41. The Morgan fingerprint density at radius 2 is 2.09 bits per heavy atom. The van der Waals surface area contributed by atoms with Crippen LogP contribution in [0.15, 0.2) is 0 Å². The van der Waals surface area contributed by atoms with Gasteiger partial charge in [0.2, 0.25) is 0 Å². The molecule has 0 aromatic rings. The van der Waals surface area contributed by atoms with E-state index in [1.165, 1.54) is 0 Å². The van der Waals surface area contributed by atoms with Crippen molar-refractivity contribution in [2.24, 2.45) is 5.92 Å². The van der Waals surface area contributed by atoms with Crippen LogP contribution in [-0.2, 0) is 0 Å². The smallest absolute Gasteiger partial charge is 0.106 e. The molecule has 1 aliphatic heterocycles. The SMILES string of the molecule is CC(C)N1CC2CC1C[C@H]2F. The summed E-state index contributed by atoms with van der Waals surface area (Å²) in [4.78, 5) is 2.45. The summed E-state index contributed by atoms with van der Waals surface area (Å²) in [6, 6.07) is 1.17. The van der Waals surface area contributed by atoms with E-state index in [2.05, 4.69) is 18.7 Å². The predicted molar refractivity (Wildman–Crippen MR) is 43.3 cm³/mol. The summed E-state index contributed by atoms with van der Waals surface area (Å²) in [5.74, 6) is 0.363.